The maximum atomic E-state index is 11.9. The molecule has 2 aromatic rings. The van der Waals surface area contributed by atoms with Gasteiger partial charge in [-0.2, -0.15) is 5.10 Å². The second kappa shape index (κ2) is 4.72. The number of carbonyl (C=O) groups excluding carboxylic acids is 1. The molecule has 1 fully saturated rings. The summed E-state index contributed by atoms with van der Waals surface area (Å²) in [6.07, 6.45) is 3.96. The lowest BCUT2D eigenvalue weighted by molar-refractivity contribution is 0.102. The average Bonchev–Trinajstić information content (AvgIpc) is 3.12. The molecule has 0 spiro atoms. The van der Waals surface area contributed by atoms with E-state index in [0.717, 1.165) is 11.5 Å². The topological polar surface area (TPSA) is 82.7 Å². The molecule has 3 rings (SSSR count). The smallest absolute Gasteiger partial charge is 0.258 e. The minimum Gasteiger partial charge on any atom is -0.367 e. The van der Waals surface area contributed by atoms with Crippen molar-refractivity contribution in [3.8, 4) is 0 Å². The van der Waals surface area contributed by atoms with Crippen LogP contribution in [0.2, 0.25) is 0 Å². The molecular formula is C13H15N5O. The number of nitrogens with one attached hydrogen (secondary N) is 3. The van der Waals surface area contributed by atoms with Crippen LogP contribution in [-0.4, -0.2) is 27.1 Å². The van der Waals surface area contributed by atoms with Gasteiger partial charge in [0.15, 0.2) is 5.82 Å². The lowest BCUT2D eigenvalue weighted by Gasteiger charge is -2.05. The van der Waals surface area contributed by atoms with Crippen LogP contribution in [0.25, 0.3) is 0 Å². The normalized spacial score (nSPS) is 14.2. The van der Waals surface area contributed by atoms with Crippen molar-refractivity contribution >= 4 is 17.5 Å². The second-order valence-electron chi connectivity index (χ2n) is 4.74. The fraction of sp³-hybridized carbons (Fsp3) is 0.308. The number of aromatic amines is 1. The van der Waals surface area contributed by atoms with Crippen molar-refractivity contribution < 1.29 is 4.79 Å². The number of amides is 1. The predicted octanol–water partition coefficient (Wildman–Crippen LogP) is 1.94. The molecule has 3 N–H and O–H groups in total. The van der Waals surface area contributed by atoms with E-state index < -0.39 is 0 Å². The van der Waals surface area contributed by atoms with Crippen molar-refractivity contribution in [1.82, 2.24) is 15.2 Å². The number of aromatic nitrogens is 3. The third kappa shape index (κ3) is 2.90. The highest BCUT2D eigenvalue weighted by Crippen LogP contribution is 2.23. The average molecular weight is 257 g/mol. The molecule has 19 heavy (non-hydrogen) atoms. The molecule has 0 saturated heterocycles. The molecule has 0 unspecified atom stereocenters. The van der Waals surface area contributed by atoms with Gasteiger partial charge in [0.2, 0.25) is 0 Å². The molecule has 0 aliphatic heterocycles. The van der Waals surface area contributed by atoms with Crippen LogP contribution in [0.4, 0.5) is 11.6 Å². The van der Waals surface area contributed by atoms with Crippen molar-refractivity contribution in [3.05, 3.63) is 35.7 Å². The Kier molecular flexibility index (Phi) is 2.91. The van der Waals surface area contributed by atoms with Gasteiger partial charge in [-0.1, -0.05) is 0 Å². The zero-order valence-electron chi connectivity index (χ0n) is 10.6. The highest BCUT2D eigenvalue weighted by Gasteiger charge is 2.21. The van der Waals surface area contributed by atoms with E-state index in [9.17, 15) is 4.79 Å². The number of pyridine rings is 1. The van der Waals surface area contributed by atoms with Crippen molar-refractivity contribution in [3.63, 3.8) is 0 Å². The van der Waals surface area contributed by atoms with E-state index in [-0.39, 0.29) is 5.91 Å². The summed E-state index contributed by atoms with van der Waals surface area (Å²) in [6, 6.07) is 5.91. The van der Waals surface area contributed by atoms with Gasteiger partial charge in [0.1, 0.15) is 5.82 Å². The van der Waals surface area contributed by atoms with Gasteiger partial charge in [-0.05, 0) is 31.9 Å². The van der Waals surface area contributed by atoms with E-state index in [1.807, 2.05) is 13.0 Å². The van der Waals surface area contributed by atoms with Crippen molar-refractivity contribution in [2.24, 2.45) is 0 Å². The number of anilines is 2. The maximum Gasteiger partial charge on any atom is 0.258 e. The summed E-state index contributed by atoms with van der Waals surface area (Å²) >= 11 is 0. The first-order valence-corrected chi connectivity index (χ1v) is 6.27. The van der Waals surface area contributed by atoms with Crippen LogP contribution >= 0.6 is 0 Å². The van der Waals surface area contributed by atoms with Gasteiger partial charge in [0, 0.05) is 24.0 Å². The van der Waals surface area contributed by atoms with Crippen molar-refractivity contribution in [2.45, 2.75) is 25.8 Å². The number of aryl methyl sites for hydroxylation is 1. The van der Waals surface area contributed by atoms with Gasteiger partial charge in [-0.3, -0.25) is 9.89 Å². The molecule has 1 aliphatic rings. The summed E-state index contributed by atoms with van der Waals surface area (Å²) in [5, 5.41) is 12.7. The SMILES string of the molecule is Cc1cc(NC(=O)c2ccc(NC3CC3)nc2)n[nH]1. The molecule has 1 aliphatic carbocycles. The van der Waals surface area contributed by atoms with Gasteiger partial charge < -0.3 is 10.6 Å². The van der Waals surface area contributed by atoms with Gasteiger partial charge in [-0.15, -0.1) is 0 Å². The predicted molar refractivity (Wildman–Crippen MR) is 72.2 cm³/mol. The second-order valence-corrected chi connectivity index (χ2v) is 4.74. The number of carbonyl (C=O) groups is 1. The van der Waals surface area contributed by atoms with E-state index in [1.165, 1.54) is 12.8 Å². The molecular weight excluding hydrogens is 242 g/mol. The summed E-state index contributed by atoms with van der Waals surface area (Å²) < 4.78 is 0. The Morgan fingerprint density at radius 3 is 2.79 bits per heavy atom. The minimum atomic E-state index is -0.211. The summed E-state index contributed by atoms with van der Waals surface area (Å²) in [5.74, 6) is 1.12. The summed E-state index contributed by atoms with van der Waals surface area (Å²) in [5.41, 5.74) is 1.42. The van der Waals surface area contributed by atoms with E-state index in [4.69, 9.17) is 0 Å². The number of rotatable bonds is 4. The Morgan fingerprint density at radius 2 is 2.21 bits per heavy atom. The molecule has 6 nitrogen and oxygen atoms in total. The van der Waals surface area contributed by atoms with Crippen molar-refractivity contribution in [2.75, 3.05) is 10.6 Å². The molecule has 0 atom stereocenters. The molecule has 1 amide bonds. The fourth-order valence-corrected chi connectivity index (χ4v) is 1.72. The van der Waals surface area contributed by atoms with Crippen LogP contribution in [0, 0.1) is 6.92 Å². The van der Waals surface area contributed by atoms with Crippen LogP contribution < -0.4 is 10.6 Å². The van der Waals surface area contributed by atoms with E-state index in [2.05, 4.69) is 25.8 Å². The Balaban J connectivity index is 1.65. The quantitative estimate of drug-likeness (QED) is 0.781. The standard InChI is InChI=1S/C13H15N5O/c1-8-6-12(18-17-8)16-13(19)9-2-5-11(14-7-9)15-10-3-4-10/h2,5-7,10H,3-4H2,1H3,(H,14,15)(H2,16,17,18,19). The van der Waals surface area contributed by atoms with Gasteiger partial charge >= 0.3 is 0 Å². The monoisotopic (exact) mass is 257 g/mol. The largest absolute Gasteiger partial charge is 0.367 e. The molecule has 0 bridgehead atoms. The fourth-order valence-electron chi connectivity index (χ4n) is 1.72. The van der Waals surface area contributed by atoms with Crippen LogP contribution in [-0.2, 0) is 0 Å². The molecule has 2 heterocycles. The first-order valence-electron chi connectivity index (χ1n) is 6.27. The minimum absolute atomic E-state index is 0.211. The first-order chi connectivity index (χ1) is 9.20. The zero-order valence-corrected chi connectivity index (χ0v) is 10.6. The molecule has 0 radical (unpaired) electrons. The summed E-state index contributed by atoms with van der Waals surface area (Å²) in [7, 11) is 0. The van der Waals surface area contributed by atoms with E-state index in [1.54, 1.807) is 18.3 Å². The molecule has 0 aromatic carbocycles. The molecule has 1 saturated carbocycles. The lowest BCUT2D eigenvalue weighted by atomic mass is 10.2. The third-order valence-electron chi connectivity index (χ3n) is 2.90. The van der Waals surface area contributed by atoms with Crippen LogP contribution in [0.15, 0.2) is 24.4 Å². The Morgan fingerprint density at radius 1 is 1.37 bits per heavy atom. The zero-order chi connectivity index (χ0) is 13.2. The van der Waals surface area contributed by atoms with Crippen LogP contribution in [0.3, 0.4) is 0 Å². The number of H-pyrrole nitrogens is 1. The maximum absolute atomic E-state index is 11.9. The van der Waals surface area contributed by atoms with Gasteiger partial charge in [0.05, 0.1) is 5.56 Å². The van der Waals surface area contributed by atoms with Crippen LogP contribution in [0.5, 0.6) is 0 Å². The molecule has 2 aromatic heterocycles. The molecule has 6 heteroatoms. The summed E-state index contributed by atoms with van der Waals surface area (Å²) in [4.78, 5) is 16.2. The highest BCUT2D eigenvalue weighted by molar-refractivity contribution is 6.03. The third-order valence-corrected chi connectivity index (χ3v) is 2.90. The first kappa shape index (κ1) is 11.7. The highest BCUT2D eigenvalue weighted by atomic mass is 16.1. The number of nitrogens with zero attached hydrogens (tertiary/aromatic N) is 2. The Hall–Kier alpha value is -2.37. The lowest BCUT2D eigenvalue weighted by Crippen LogP contribution is -2.13. The number of hydrogen-bond acceptors (Lipinski definition) is 4. The summed E-state index contributed by atoms with van der Waals surface area (Å²) in [6.45, 7) is 1.88. The molecule has 98 valence electrons. The Bertz CT molecular complexity index is 585. The Labute approximate surface area is 110 Å². The number of hydrogen-bond donors (Lipinski definition) is 3. The van der Waals surface area contributed by atoms with Gasteiger partial charge in [0.25, 0.3) is 5.91 Å². The van der Waals surface area contributed by atoms with E-state index in [0.29, 0.717) is 17.4 Å². The van der Waals surface area contributed by atoms with Crippen LogP contribution in [0.1, 0.15) is 28.9 Å². The van der Waals surface area contributed by atoms with Crippen molar-refractivity contribution in [1.29, 1.82) is 0 Å². The van der Waals surface area contributed by atoms with Gasteiger partial charge in [-0.25, -0.2) is 4.98 Å². The van der Waals surface area contributed by atoms with E-state index >= 15 is 0 Å².